The van der Waals surface area contributed by atoms with Gasteiger partial charge < -0.3 is 4.42 Å². The van der Waals surface area contributed by atoms with Crippen molar-refractivity contribution in [2.24, 2.45) is 5.84 Å². The van der Waals surface area contributed by atoms with E-state index in [4.69, 9.17) is 10.3 Å². The maximum atomic E-state index is 5.67. The molecule has 0 fully saturated rings. The number of hydrogen-bond acceptors (Lipinski definition) is 3. The lowest BCUT2D eigenvalue weighted by Gasteiger charge is -2.15. The zero-order chi connectivity index (χ0) is 13.1. The van der Waals surface area contributed by atoms with Crippen LogP contribution in [0.4, 0.5) is 0 Å². The van der Waals surface area contributed by atoms with Crippen LogP contribution in [-0.4, -0.2) is 0 Å². The number of hydrogen-bond donors (Lipinski definition) is 2. The quantitative estimate of drug-likeness (QED) is 0.554. The van der Waals surface area contributed by atoms with E-state index in [1.807, 2.05) is 24.3 Å². The Morgan fingerprint density at radius 1 is 1.00 bits per heavy atom. The first-order chi connectivity index (χ1) is 9.36. The number of nitrogens with two attached hydrogens (primary N) is 1. The first-order valence-electron chi connectivity index (χ1n) is 6.34. The molecule has 0 bridgehead atoms. The van der Waals surface area contributed by atoms with Gasteiger partial charge in [0.05, 0.1) is 12.3 Å². The van der Waals surface area contributed by atoms with Crippen molar-refractivity contribution >= 4 is 10.8 Å². The van der Waals surface area contributed by atoms with Crippen molar-refractivity contribution in [3.8, 4) is 0 Å². The van der Waals surface area contributed by atoms with Gasteiger partial charge in [-0.1, -0.05) is 36.4 Å². The van der Waals surface area contributed by atoms with Crippen LogP contribution in [0, 0.1) is 0 Å². The van der Waals surface area contributed by atoms with Crippen molar-refractivity contribution < 1.29 is 4.42 Å². The van der Waals surface area contributed by atoms with Gasteiger partial charge in [-0.25, -0.2) is 0 Å². The predicted molar refractivity (Wildman–Crippen MR) is 76.4 cm³/mol. The van der Waals surface area contributed by atoms with E-state index in [-0.39, 0.29) is 6.04 Å². The van der Waals surface area contributed by atoms with E-state index in [1.165, 1.54) is 10.8 Å². The van der Waals surface area contributed by atoms with Crippen LogP contribution in [0.5, 0.6) is 0 Å². The van der Waals surface area contributed by atoms with Crippen LogP contribution >= 0.6 is 0 Å². The molecule has 0 amide bonds. The molecule has 2 aromatic carbocycles. The molecular formula is C16H16N2O. The number of furan rings is 1. The average molecular weight is 252 g/mol. The van der Waals surface area contributed by atoms with Gasteiger partial charge in [0.25, 0.3) is 0 Å². The zero-order valence-corrected chi connectivity index (χ0v) is 10.5. The molecule has 0 saturated carbocycles. The smallest absolute Gasteiger partial charge is 0.105 e. The summed E-state index contributed by atoms with van der Waals surface area (Å²) in [5.41, 5.74) is 4.03. The van der Waals surface area contributed by atoms with Crippen molar-refractivity contribution in [3.63, 3.8) is 0 Å². The lowest BCUT2D eigenvalue weighted by Crippen LogP contribution is -2.29. The van der Waals surface area contributed by atoms with Crippen LogP contribution in [0.3, 0.4) is 0 Å². The summed E-state index contributed by atoms with van der Waals surface area (Å²) in [5, 5.41) is 2.46. The molecule has 0 aliphatic heterocycles. The van der Waals surface area contributed by atoms with Gasteiger partial charge in [-0.3, -0.25) is 11.3 Å². The Morgan fingerprint density at radius 3 is 2.58 bits per heavy atom. The normalized spacial score (nSPS) is 12.7. The summed E-state index contributed by atoms with van der Waals surface area (Å²) in [7, 11) is 0. The summed E-state index contributed by atoms with van der Waals surface area (Å²) >= 11 is 0. The highest BCUT2D eigenvalue weighted by Crippen LogP contribution is 2.22. The maximum Gasteiger partial charge on any atom is 0.105 e. The van der Waals surface area contributed by atoms with Crippen molar-refractivity contribution in [1.29, 1.82) is 0 Å². The lowest BCUT2D eigenvalue weighted by molar-refractivity contribution is 0.455. The molecule has 96 valence electrons. The van der Waals surface area contributed by atoms with Crippen LogP contribution in [-0.2, 0) is 6.42 Å². The van der Waals surface area contributed by atoms with Gasteiger partial charge in [0.1, 0.15) is 5.76 Å². The third-order valence-electron chi connectivity index (χ3n) is 3.36. The molecule has 19 heavy (non-hydrogen) atoms. The second-order valence-electron chi connectivity index (χ2n) is 4.61. The molecule has 1 atom stereocenters. The van der Waals surface area contributed by atoms with Gasteiger partial charge in [-0.15, -0.1) is 0 Å². The van der Waals surface area contributed by atoms with E-state index in [1.54, 1.807) is 6.26 Å². The minimum Gasteiger partial charge on any atom is -0.469 e. The highest BCUT2D eigenvalue weighted by molar-refractivity contribution is 5.83. The Hall–Kier alpha value is -2.10. The van der Waals surface area contributed by atoms with Gasteiger partial charge in [0, 0.05) is 6.42 Å². The van der Waals surface area contributed by atoms with Crippen LogP contribution in [0.2, 0.25) is 0 Å². The van der Waals surface area contributed by atoms with E-state index in [0.717, 1.165) is 17.7 Å². The molecule has 0 radical (unpaired) electrons. The molecule has 1 unspecified atom stereocenters. The van der Waals surface area contributed by atoms with Gasteiger partial charge >= 0.3 is 0 Å². The zero-order valence-electron chi connectivity index (χ0n) is 10.5. The summed E-state index contributed by atoms with van der Waals surface area (Å²) in [6.45, 7) is 0. The van der Waals surface area contributed by atoms with Gasteiger partial charge in [-0.05, 0) is 34.5 Å². The monoisotopic (exact) mass is 252 g/mol. The third-order valence-corrected chi connectivity index (χ3v) is 3.36. The minimum atomic E-state index is 0.0516. The van der Waals surface area contributed by atoms with Crippen LogP contribution in [0.25, 0.3) is 10.8 Å². The molecule has 3 rings (SSSR count). The molecule has 1 heterocycles. The molecular weight excluding hydrogens is 236 g/mol. The average Bonchev–Trinajstić information content (AvgIpc) is 2.97. The van der Waals surface area contributed by atoms with E-state index in [0.29, 0.717) is 0 Å². The Balaban J connectivity index is 1.92. The highest BCUT2D eigenvalue weighted by Gasteiger charge is 2.12. The SMILES string of the molecule is NNC(Cc1ccco1)c1ccc2ccccc2c1. The van der Waals surface area contributed by atoms with Crippen molar-refractivity contribution in [3.05, 3.63) is 72.2 Å². The molecule has 0 spiro atoms. The molecule has 3 aromatic rings. The molecule has 0 aliphatic carbocycles. The molecule has 1 aromatic heterocycles. The van der Waals surface area contributed by atoms with Gasteiger partial charge in [0.2, 0.25) is 0 Å². The summed E-state index contributed by atoms with van der Waals surface area (Å²) in [6, 6.07) is 18.6. The molecule has 0 saturated heterocycles. The fourth-order valence-corrected chi connectivity index (χ4v) is 2.33. The first-order valence-corrected chi connectivity index (χ1v) is 6.34. The number of nitrogens with one attached hydrogen (secondary N) is 1. The second-order valence-corrected chi connectivity index (χ2v) is 4.61. The van der Waals surface area contributed by atoms with E-state index in [9.17, 15) is 0 Å². The van der Waals surface area contributed by atoms with E-state index < -0.39 is 0 Å². The van der Waals surface area contributed by atoms with Crippen LogP contribution in [0.1, 0.15) is 17.4 Å². The fourth-order valence-electron chi connectivity index (χ4n) is 2.33. The van der Waals surface area contributed by atoms with Gasteiger partial charge in [0.15, 0.2) is 0 Å². The van der Waals surface area contributed by atoms with E-state index in [2.05, 4.69) is 35.8 Å². The van der Waals surface area contributed by atoms with E-state index >= 15 is 0 Å². The van der Waals surface area contributed by atoms with Crippen LogP contribution in [0.15, 0.2) is 65.3 Å². The summed E-state index contributed by atoms with van der Waals surface area (Å²) < 4.78 is 5.38. The number of fused-ring (bicyclic) bond motifs is 1. The summed E-state index contributed by atoms with van der Waals surface area (Å²) in [6.07, 6.45) is 2.42. The minimum absolute atomic E-state index is 0.0516. The molecule has 0 aliphatic rings. The predicted octanol–water partition coefficient (Wildman–Crippen LogP) is 3.18. The van der Waals surface area contributed by atoms with Crippen LogP contribution < -0.4 is 11.3 Å². The highest BCUT2D eigenvalue weighted by atomic mass is 16.3. The lowest BCUT2D eigenvalue weighted by atomic mass is 9.99. The Morgan fingerprint density at radius 2 is 1.84 bits per heavy atom. The number of benzene rings is 2. The summed E-state index contributed by atoms with van der Waals surface area (Å²) in [5.74, 6) is 6.60. The van der Waals surface area contributed by atoms with Crippen molar-refractivity contribution in [2.75, 3.05) is 0 Å². The fraction of sp³-hybridized carbons (Fsp3) is 0.125. The number of rotatable bonds is 4. The molecule has 3 heteroatoms. The van der Waals surface area contributed by atoms with Crippen molar-refractivity contribution in [2.45, 2.75) is 12.5 Å². The third kappa shape index (κ3) is 2.52. The second kappa shape index (κ2) is 5.26. The maximum absolute atomic E-state index is 5.67. The Kier molecular flexibility index (Phi) is 3.31. The molecule has 3 nitrogen and oxygen atoms in total. The Bertz CT molecular complexity index is 661. The Labute approximate surface area is 112 Å². The topological polar surface area (TPSA) is 51.2 Å². The van der Waals surface area contributed by atoms with Crippen molar-refractivity contribution in [1.82, 2.24) is 5.43 Å². The largest absolute Gasteiger partial charge is 0.469 e. The van der Waals surface area contributed by atoms with Gasteiger partial charge in [-0.2, -0.15) is 0 Å². The summed E-state index contributed by atoms with van der Waals surface area (Å²) in [4.78, 5) is 0. The first kappa shape index (κ1) is 12.0. The molecule has 3 N–H and O–H groups in total. The standard InChI is InChI=1S/C16H16N2O/c17-18-16(11-15-6-3-9-19-15)14-8-7-12-4-1-2-5-13(12)10-14/h1-10,16,18H,11,17H2. The number of hydrazine groups is 1.